The number of nitrogens with zero attached hydrogens (tertiary/aromatic N) is 3. The first-order valence-electron chi connectivity index (χ1n) is 8.45. The molecule has 1 aliphatic heterocycles. The van der Waals surface area contributed by atoms with Crippen molar-refractivity contribution in [2.75, 3.05) is 6.54 Å². The number of nitrogens with one attached hydrogen (secondary N) is 2. The third-order valence-electron chi connectivity index (χ3n) is 4.20. The van der Waals surface area contributed by atoms with E-state index < -0.39 is 0 Å². The fourth-order valence-corrected chi connectivity index (χ4v) is 3.76. The van der Waals surface area contributed by atoms with Gasteiger partial charge >= 0.3 is 0 Å². The second-order valence-corrected chi connectivity index (χ2v) is 7.64. The highest BCUT2D eigenvalue weighted by Crippen LogP contribution is 2.32. The molecule has 0 bridgehead atoms. The number of rotatable bonds is 5. The van der Waals surface area contributed by atoms with Crippen LogP contribution in [0.2, 0.25) is 0 Å². The highest BCUT2D eigenvalue weighted by molar-refractivity contribution is 7.08. The zero-order valence-corrected chi connectivity index (χ0v) is 15.5. The molecule has 2 amide bonds. The lowest BCUT2D eigenvalue weighted by Gasteiger charge is -2.22. The minimum atomic E-state index is -0.235. The van der Waals surface area contributed by atoms with Gasteiger partial charge in [-0.05, 0) is 30.7 Å². The van der Waals surface area contributed by atoms with Crippen molar-refractivity contribution in [2.45, 2.75) is 45.7 Å². The number of thiophene rings is 1. The van der Waals surface area contributed by atoms with Gasteiger partial charge < -0.3 is 10.2 Å². The molecule has 0 aliphatic carbocycles. The Hall–Kier alpha value is -2.22. The van der Waals surface area contributed by atoms with E-state index in [0.29, 0.717) is 42.5 Å². The molecule has 0 aromatic carbocycles. The van der Waals surface area contributed by atoms with Crippen molar-refractivity contribution in [2.24, 2.45) is 5.92 Å². The fraction of sp³-hybridized carbons (Fsp3) is 0.529. The van der Waals surface area contributed by atoms with Gasteiger partial charge in [0.2, 0.25) is 5.91 Å². The molecule has 0 spiro atoms. The van der Waals surface area contributed by atoms with E-state index in [9.17, 15) is 9.59 Å². The second-order valence-electron chi connectivity index (χ2n) is 6.86. The van der Waals surface area contributed by atoms with Gasteiger partial charge in [-0.15, -0.1) is 0 Å². The number of aromatic amines is 1. The molecule has 2 N–H and O–H groups in total. The summed E-state index contributed by atoms with van der Waals surface area (Å²) < 4.78 is 0. The molecule has 3 rings (SSSR count). The molecule has 0 saturated carbocycles. The predicted octanol–water partition coefficient (Wildman–Crippen LogP) is 2.29. The number of H-pyrrole nitrogens is 1. The van der Waals surface area contributed by atoms with Crippen LogP contribution in [0.5, 0.6) is 0 Å². The Morgan fingerprint density at radius 3 is 2.88 bits per heavy atom. The number of aromatic nitrogens is 3. The van der Waals surface area contributed by atoms with Gasteiger partial charge in [0.1, 0.15) is 5.82 Å². The maximum absolute atomic E-state index is 12.9. The van der Waals surface area contributed by atoms with E-state index in [-0.39, 0.29) is 23.9 Å². The highest BCUT2D eigenvalue weighted by Gasteiger charge is 2.39. The van der Waals surface area contributed by atoms with Crippen LogP contribution in [0.1, 0.15) is 54.7 Å². The Bertz CT molecular complexity index is 740. The van der Waals surface area contributed by atoms with Crippen molar-refractivity contribution < 1.29 is 9.59 Å². The highest BCUT2D eigenvalue weighted by atomic mass is 32.1. The summed E-state index contributed by atoms with van der Waals surface area (Å²) in [6.07, 6.45) is 1.11. The number of carbonyl (C=O) groups excluding carboxylic acids is 2. The summed E-state index contributed by atoms with van der Waals surface area (Å²) >= 11 is 1.49. The molecule has 25 heavy (non-hydrogen) atoms. The molecule has 0 radical (unpaired) electrons. The lowest BCUT2D eigenvalue weighted by Crippen LogP contribution is -2.39. The molecule has 2 atom stereocenters. The number of carbonyl (C=O) groups is 2. The van der Waals surface area contributed by atoms with E-state index in [4.69, 9.17) is 0 Å². The standard InChI is InChI=1S/C17H23N5O2S/c1-10(2)6-15(23)19-13-7-14(16-18-11(3)20-21-16)22(8-13)17(24)12-4-5-25-9-12/h4-5,9-10,13-14H,6-8H2,1-3H3,(H,19,23)(H,18,20,21)/t13-,14-/m0/s1. The van der Waals surface area contributed by atoms with Crippen molar-refractivity contribution in [1.29, 1.82) is 0 Å². The van der Waals surface area contributed by atoms with Crippen molar-refractivity contribution in [3.05, 3.63) is 34.0 Å². The second kappa shape index (κ2) is 7.35. The summed E-state index contributed by atoms with van der Waals surface area (Å²) in [6, 6.07) is 1.50. The van der Waals surface area contributed by atoms with Gasteiger partial charge in [0.05, 0.1) is 11.6 Å². The molecule has 8 heteroatoms. The summed E-state index contributed by atoms with van der Waals surface area (Å²) in [5.74, 6) is 1.59. The largest absolute Gasteiger partial charge is 0.351 e. The quantitative estimate of drug-likeness (QED) is 0.855. The van der Waals surface area contributed by atoms with Crippen LogP contribution in [-0.4, -0.2) is 44.5 Å². The summed E-state index contributed by atoms with van der Waals surface area (Å²) in [4.78, 5) is 31.1. The molecule has 134 valence electrons. The first-order valence-corrected chi connectivity index (χ1v) is 9.39. The van der Waals surface area contributed by atoms with Crippen molar-refractivity contribution >= 4 is 23.2 Å². The van der Waals surface area contributed by atoms with Gasteiger partial charge in [-0.3, -0.25) is 14.7 Å². The maximum atomic E-state index is 12.9. The maximum Gasteiger partial charge on any atom is 0.255 e. The third kappa shape index (κ3) is 4.07. The zero-order valence-electron chi connectivity index (χ0n) is 14.7. The van der Waals surface area contributed by atoms with Crippen LogP contribution < -0.4 is 5.32 Å². The van der Waals surface area contributed by atoms with E-state index in [2.05, 4.69) is 20.5 Å². The Labute approximate surface area is 150 Å². The molecular formula is C17H23N5O2S. The average Bonchev–Trinajstić information content (AvgIpc) is 3.25. The summed E-state index contributed by atoms with van der Waals surface area (Å²) in [6.45, 7) is 6.33. The molecular weight excluding hydrogens is 338 g/mol. The van der Waals surface area contributed by atoms with Gasteiger partial charge in [0, 0.05) is 24.4 Å². The monoisotopic (exact) mass is 361 g/mol. The van der Waals surface area contributed by atoms with E-state index in [1.165, 1.54) is 11.3 Å². The number of amides is 2. The molecule has 3 heterocycles. The number of hydrogen-bond acceptors (Lipinski definition) is 5. The number of aryl methyl sites for hydroxylation is 1. The molecule has 1 aliphatic rings. The molecule has 2 aromatic rings. The lowest BCUT2D eigenvalue weighted by molar-refractivity contribution is -0.122. The summed E-state index contributed by atoms with van der Waals surface area (Å²) in [7, 11) is 0. The van der Waals surface area contributed by atoms with E-state index in [1.807, 2.05) is 37.6 Å². The van der Waals surface area contributed by atoms with E-state index in [0.717, 1.165) is 0 Å². The summed E-state index contributed by atoms with van der Waals surface area (Å²) in [5, 5.41) is 13.8. The van der Waals surface area contributed by atoms with Crippen LogP contribution in [-0.2, 0) is 4.79 Å². The van der Waals surface area contributed by atoms with Gasteiger partial charge in [-0.25, -0.2) is 4.98 Å². The van der Waals surface area contributed by atoms with Crippen molar-refractivity contribution in [3.8, 4) is 0 Å². The molecule has 7 nitrogen and oxygen atoms in total. The Morgan fingerprint density at radius 1 is 1.48 bits per heavy atom. The van der Waals surface area contributed by atoms with Gasteiger partial charge in [-0.2, -0.15) is 16.4 Å². The van der Waals surface area contributed by atoms with Crippen LogP contribution >= 0.6 is 11.3 Å². The van der Waals surface area contributed by atoms with E-state index >= 15 is 0 Å². The van der Waals surface area contributed by atoms with Crippen LogP contribution in [0.25, 0.3) is 0 Å². The molecule has 1 saturated heterocycles. The Morgan fingerprint density at radius 2 is 2.28 bits per heavy atom. The molecule has 2 aromatic heterocycles. The minimum Gasteiger partial charge on any atom is -0.351 e. The topological polar surface area (TPSA) is 91.0 Å². The molecule has 1 fully saturated rings. The molecule has 0 unspecified atom stereocenters. The summed E-state index contributed by atoms with van der Waals surface area (Å²) in [5.41, 5.74) is 0.663. The van der Waals surface area contributed by atoms with Gasteiger partial charge in [-0.1, -0.05) is 13.8 Å². The first-order chi connectivity index (χ1) is 11.9. The Kier molecular flexibility index (Phi) is 5.17. The minimum absolute atomic E-state index is 0.0229. The predicted molar refractivity (Wildman–Crippen MR) is 95.2 cm³/mol. The Balaban J connectivity index is 1.78. The zero-order chi connectivity index (χ0) is 18.0. The van der Waals surface area contributed by atoms with Crippen LogP contribution in [0.4, 0.5) is 0 Å². The lowest BCUT2D eigenvalue weighted by atomic mass is 10.1. The third-order valence-corrected chi connectivity index (χ3v) is 4.88. The normalized spacial score (nSPS) is 20.2. The number of likely N-dealkylation sites (tertiary alicyclic amines) is 1. The van der Waals surface area contributed by atoms with Crippen LogP contribution in [0, 0.1) is 12.8 Å². The van der Waals surface area contributed by atoms with Gasteiger partial charge in [0.15, 0.2) is 5.82 Å². The number of hydrogen-bond donors (Lipinski definition) is 2. The van der Waals surface area contributed by atoms with Crippen LogP contribution in [0.15, 0.2) is 16.8 Å². The van der Waals surface area contributed by atoms with Crippen molar-refractivity contribution in [3.63, 3.8) is 0 Å². The smallest absolute Gasteiger partial charge is 0.255 e. The SMILES string of the molecule is Cc1nc([C@@H]2C[C@H](NC(=O)CC(C)C)CN2C(=O)c2ccsc2)n[nH]1. The first kappa shape index (κ1) is 17.6. The fourth-order valence-electron chi connectivity index (χ4n) is 3.13. The van der Waals surface area contributed by atoms with Gasteiger partial charge in [0.25, 0.3) is 5.91 Å². The van der Waals surface area contributed by atoms with E-state index in [1.54, 1.807) is 4.90 Å². The van der Waals surface area contributed by atoms with Crippen LogP contribution in [0.3, 0.4) is 0 Å². The van der Waals surface area contributed by atoms with Crippen molar-refractivity contribution in [1.82, 2.24) is 25.4 Å². The average molecular weight is 361 g/mol.